The van der Waals surface area contributed by atoms with Crippen LogP contribution in [-0.4, -0.2) is 29.1 Å². The van der Waals surface area contributed by atoms with Crippen molar-refractivity contribution in [3.8, 4) is 0 Å². The monoisotopic (exact) mass is 312 g/mol. The molecule has 9 heteroatoms. The molecule has 0 aliphatic carbocycles. The van der Waals surface area contributed by atoms with Crippen LogP contribution in [0.1, 0.15) is 6.42 Å². The lowest BCUT2D eigenvalue weighted by Gasteiger charge is -2.07. The Morgan fingerprint density at radius 3 is 2.33 bits per heavy atom. The van der Waals surface area contributed by atoms with E-state index < -0.39 is 20.0 Å². The predicted molar refractivity (Wildman–Crippen MR) is 69.2 cm³/mol. The number of hydrogen-bond donors (Lipinski definition) is 2. The van der Waals surface area contributed by atoms with E-state index in [4.69, 9.17) is 16.7 Å². The molecule has 0 radical (unpaired) electrons. The van der Waals surface area contributed by atoms with Crippen LogP contribution in [0.5, 0.6) is 0 Å². The fraction of sp³-hybridized carbons (Fsp3) is 0.333. The highest BCUT2D eigenvalue weighted by Crippen LogP contribution is 2.19. The highest BCUT2D eigenvalue weighted by molar-refractivity contribution is 7.89. The minimum Gasteiger partial charge on any atom is -0.229 e. The molecule has 0 aromatic heterocycles. The van der Waals surface area contributed by atoms with Crippen molar-refractivity contribution in [3.05, 3.63) is 29.3 Å². The van der Waals surface area contributed by atoms with Gasteiger partial charge in [-0.05, 0) is 18.6 Å². The molecule has 0 heterocycles. The van der Waals surface area contributed by atoms with Gasteiger partial charge in [0.1, 0.15) is 4.90 Å². The summed E-state index contributed by atoms with van der Waals surface area (Å²) in [5.41, 5.74) is 0. The Morgan fingerprint density at radius 1 is 1.17 bits per heavy atom. The van der Waals surface area contributed by atoms with Crippen molar-refractivity contribution in [2.24, 2.45) is 5.14 Å². The standard InChI is InChI=1S/C9H13ClN2O4S2/c10-8-4-1-2-5-9(8)18(15,16)12-6-3-7-17(11,13)14/h1-2,4-5,12H,3,6-7H2,(H2,11,13,14). The Kier molecular flexibility index (Phi) is 5.11. The van der Waals surface area contributed by atoms with Gasteiger partial charge in [0.2, 0.25) is 20.0 Å². The lowest BCUT2D eigenvalue weighted by atomic mass is 10.4. The van der Waals surface area contributed by atoms with Gasteiger partial charge in [0, 0.05) is 6.54 Å². The first-order chi connectivity index (χ1) is 8.22. The van der Waals surface area contributed by atoms with Gasteiger partial charge in [0.15, 0.2) is 0 Å². The molecule has 0 unspecified atom stereocenters. The van der Waals surface area contributed by atoms with Crippen molar-refractivity contribution >= 4 is 31.6 Å². The quantitative estimate of drug-likeness (QED) is 0.736. The normalized spacial score (nSPS) is 12.6. The van der Waals surface area contributed by atoms with E-state index in [1.807, 2.05) is 0 Å². The summed E-state index contributed by atoms with van der Waals surface area (Å²) in [6.45, 7) is -0.0238. The second-order valence-electron chi connectivity index (χ2n) is 3.55. The lowest BCUT2D eigenvalue weighted by Crippen LogP contribution is -2.27. The number of halogens is 1. The van der Waals surface area contributed by atoms with Gasteiger partial charge >= 0.3 is 0 Å². The molecule has 6 nitrogen and oxygen atoms in total. The predicted octanol–water partition coefficient (Wildman–Crippen LogP) is 0.297. The summed E-state index contributed by atoms with van der Waals surface area (Å²) in [6, 6.07) is 5.98. The maximum Gasteiger partial charge on any atom is 0.242 e. The molecule has 1 aromatic rings. The molecule has 0 saturated carbocycles. The molecule has 0 aliphatic rings. The molecule has 1 rings (SSSR count). The van der Waals surface area contributed by atoms with E-state index in [0.717, 1.165) is 0 Å². The fourth-order valence-electron chi connectivity index (χ4n) is 1.22. The number of hydrogen-bond acceptors (Lipinski definition) is 4. The minimum atomic E-state index is -3.73. The smallest absolute Gasteiger partial charge is 0.229 e. The van der Waals surface area contributed by atoms with Crippen LogP contribution in [0.2, 0.25) is 5.02 Å². The molecule has 18 heavy (non-hydrogen) atoms. The van der Waals surface area contributed by atoms with Crippen molar-refractivity contribution in [1.29, 1.82) is 0 Å². The van der Waals surface area contributed by atoms with Gasteiger partial charge in [-0.15, -0.1) is 0 Å². The number of nitrogens with two attached hydrogens (primary N) is 1. The molecule has 3 N–H and O–H groups in total. The topological polar surface area (TPSA) is 106 Å². The SMILES string of the molecule is NS(=O)(=O)CCCNS(=O)(=O)c1ccccc1Cl. The van der Waals surface area contributed by atoms with Crippen LogP contribution < -0.4 is 9.86 Å². The van der Waals surface area contributed by atoms with Crippen LogP contribution in [0.4, 0.5) is 0 Å². The number of rotatable bonds is 6. The zero-order valence-electron chi connectivity index (χ0n) is 9.34. The summed E-state index contributed by atoms with van der Waals surface area (Å²) in [7, 11) is -7.30. The Morgan fingerprint density at radius 2 is 1.78 bits per heavy atom. The summed E-state index contributed by atoms with van der Waals surface area (Å²) in [5.74, 6) is -0.280. The van der Waals surface area contributed by atoms with Crippen LogP contribution in [0.3, 0.4) is 0 Å². The Labute approximate surface area is 111 Å². The van der Waals surface area contributed by atoms with E-state index in [1.54, 1.807) is 12.1 Å². The Balaban J connectivity index is 2.65. The first-order valence-corrected chi connectivity index (χ1v) is 8.55. The van der Waals surface area contributed by atoms with Crippen LogP contribution in [0, 0.1) is 0 Å². The molecule has 0 aliphatic heterocycles. The van der Waals surface area contributed by atoms with Gasteiger partial charge in [0.25, 0.3) is 0 Å². The molecule has 1 aromatic carbocycles. The molecular formula is C9H13ClN2O4S2. The molecule has 0 fully saturated rings. The number of primary sulfonamides is 1. The molecule has 0 bridgehead atoms. The average Bonchev–Trinajstić information content (AvgIpc) is 2.24. The van der Waals surface area contributed by atoms with Gasteiger partial charge in [-0.25, -0.2) is 26.7 Å². The van der Waals surface area contributed by atoms with E-state index in [9.17, 15) is 16.8 Å². The second-order valence-corrected chi connectivity index (χ2v) is 7.43. The summed E-state index contributed by atoms with van der Waals surface area (Å²) in [6.07, 6.45) is 0.0997. The van der Waals surface area contributed by atoms with Gasteiger partial charge in [-0.1, -0.05) is 23.7 Å². The van der Waals surface area contributed by atoms with E-state index in [-0.39, 0.29) is 28.6 Å². The second kappa shape index (κ2) is 5.98. The fourth-order valence-corrected chi connectivity index (χ4v) is 3.36. The number of sulfonamides is 2. The van der Waals surface area contributed by atoms with Crippen LogP contribution in [0.25, 0.3) is 0 Å². The number of benzene rings is 1. The third-order valence-corrected chi connectivity index (χ3v) is 4.84. The summed E-state index contributed by atoms with van der Waals surface area (Å²) < 4.78 is 47.2. The first-order valence-electron chi connectivity index (χ1n) is 4.97. The Hall–Kier alpha value is -0.670. The third kappa shape index (κ3) is 4.91. The van der Waals surface area contributed by atoms with Gasteiger partial charge in [-0.2, -0.15) is 0 Å². The lowest BCUT2D eigenvalue weighted by molar-refractivity contribution is 0.576. The van der Waals surface area contributed by atoms with E-state index >= 15 is 0 Å². The van der Waals surface area contributed by atoms with Crippen molar-refractivity contribution in [1.82, 2.24) is 4.72 Å². The van der Waals surface area contributed by atoms with E-state index in [2.05, 4.69) is 4.72 Å². The van der Waals surface area contributed by atoms with Gasteiger partial charge in [0.05, 0.1) is 10.8 Å². The van der Waals surface area contributed by atoms with Crippen LogP contribution in [-0.2, 0) is 20.0 Å². The van der Waals surface area contributed by atoms with Crippen LogP contribution >= 0.6 is 11.6 Å². The molecular weight excluding hydrogens is 300 g/mol. The van der Waals surface area contributed by atoms with E-state index in [1.165, 1.54) is 12.1 Å². The maximum absolute atomic E-state index is 11.8. The minimum absolute atomic E-state index is 0.0238. The highest BCUT2D eigenvalue weighted by Gasteiger charge is 2.16. The Bertz CT molecular complexity index is 613. The molecule has 102 valence electrons. The van der Waals surface area contributed by atoms with Crippen molar-refractivity contribution in [2.75, 3.05) is 12.3 Å². The van der Waals surface area contributed by atoms with Gasteiger partial charge < -0.3 is 0 Å². The molecule has 0 atom stereocenters. The molecule has 0 amide bonds. The molecule has 0 saturated heterocycles. The van der Waals surface area contributed by atoms with Crippen molar-refractivity contribution in [2.45, 2.75) is 11.3 Å². The third-order valence-electron chi connectivity index (χ3n) is 2.02. The molecule has 0 spiro atoms. The average molecular weight is 313 g/mol. The van der Waals surface area contributed by atoms with Crippen LogP contribution in [0.15, 0.2) is 29.2 Å². The summed E-state index contributed by atoms with van der Waals surface area (Å²) in [5, 5.41) is 4.90. The van der Waals surface area contributed by atoms with Gasteiger partial charge in [-0.3, -0.25) is 0 Å². The number of nitrogens with one attached hydrogen (secondary N) is 1. The summed E-state index contributed by atoms with van der Waals surface area (Å²) in [4.78, 5) is -0.0396. The van der Waals surface area contributed by atoms with Crippen molar-refractivity contribution in [3.63, 3.8) is 0 Å². The highest BCUT2D eigenvalue weighted by atomic mass is 35.5. The zero-order chi connectivity index (χ0) is 13.8. The van der Waals surface area contributed by atoms with Crippen molar-refractivity contribution < 1.29 is 16.8 Å². The van der Waals surface area contributed by atoms with E-state index in [0.29, 0.717) is 0 Å². The maximum atomic E-state index is 11.8. The summed E-state index contributed by atoms with van der Waals surface area (Å²) >= 11 is 5.76. The largest absolute Gasteiger partial charge is 0.242 e. The first kappa shape index (κ1) is 15.4. The zero-order valence-corrected chi connectivity index (χ0v) is 11.7.